The third kappa shape index (κ3) is 5.10. The molecule has 2 bridgehead atoms. The number of fused-ring (bicyclic) bond motifs is 2. The molecule has 0 aromatic heterocycles. The van der Waals surface area contributed by atoms with E-state index in [-0.39, 0.29) is 12.5 Å². The van der Waals surface area contributed by atoms with E-state index in [0.29, 0.717) is 24.2 Å². The Kier molecular flexibility index (Phi) is 6.90. The normalized spacial score (nSPS) is 29.0. The number of hydrogen-bond donors (Lipinski definition) is 2. The molecule has 2 heterocycles. The van der Waals surface area contributed by atoms with Gasteiger partial charge in [-0.3, -0.25) is 4.79 Å². The first-order chi connectivity index (χ1) is 11.4. The zero-order valence-corrected chi connectivity index (χ0v) is 16.0. The molecular formula is C18H35N5O. The van der Waals surface area contributed by atoms with E-state index < -0.39 is 0 Å². The van der Waals surface area contributed by atoms with Crippen molar-refractivity contribution in [2.75, 3.05) is 27.7 Å². The average Bonchev–Trinajstić information content (AvgIpc) is 2.52. The molecule has 0 aliphatic carbocycles. The highest BCUT2D eigenvalue weighted by molar-refractivity contribution is 5.85. The Labute approximate surface area is 147 Å². The number of carbonyl (C=O) groups is 1. The predicted molar refractivity (Wildman–Crippen MR) is 99.2 cm³/mol. The number of likely N-dealkylation sites (N-methyl/N-ethyl adjacent to an activating group) is 1. The van der Waals surface area contributed by atoms with E-state index in [4.69, 9.17) is 0 Å². The van der Waals surface area contributed by atoms with Crippen LogP contribution in [0.1, 0.15) is 52.4 Å². The van der Waals surface area contributed by atoms with Crippen molar-refractivity contribution in [1.82, 2.24) is 20.4 Å². The summed E-state index contributed by atoms with van der Waals surface area (Å²) in [5.41, 5.74) is 0. The van der Waals surface area contributed by atoms with E-state index in [9.17, 15) is 4.79 Å². The van der Waals surface area contributed by atoms with Crippen LogP contribution in [-0.2, 0) is 4.79 Å². The van der Waals surface area contributed by atoms with Gasteiger partial charge in [0.25, 0.3) is 0 Å². The van der Waals surface area contributed by atoms with Crippen molar-refractivity contribution in [3.05, 3.63) is 0 Å². The molecule has 2 rings (SSSR count). The largest absolute Gasteiger partial charge is 0.354 e. The van der Waals surface area contributed by atoms with Crippen LogP contribution in [0.3, 0.4) is 0 Å². The van der Waals surface area contributed by atoms with Gasteiger partial charge in [-0.05, 0) is 46.1 Å². The number of aliphatic imine (C=N–C) groups is 1. The second kappa shape index (κ2) is 8.70. The lowest BCUT2D eigenvalue weighted by Crippen LogP contribution is -2.57. The minimum Gasteiger partial charge on any atom is -0.354 e. The minimum atomic E-state index is 0.0282. The van der Waals surface area contributed by atoms with Gasteiger partial charge in [-0.1, -0.05) is 13.3 Å². The fourth-order valence-electron chi connectivity index (χ4n) is 3.68. The molecule has 0 saturated carbocycles. The third-order valence-electron chi connectivity index (χ3n) is 5.55. The van der Waals surface area contributed by atoms with Crippen LogP contribution in [0.4, 0.5) is 0 Å². The van der Waals surface area contributed by atoms with Crippen molar-refractivity contribution in [1.29, 1.82) is 0 Å². The average molecular weight is 338 g/mol. The van der Waals surface area contributed by atoms with Gasteiger partial charge in [-0.15, -0.1) is 0 Å². The molecule has 24 heavy (non-hydrogen) atoms. The topological polar surface area (TPSA) is 60.0 Å². The Morgan fingerprint density at radius 3 is 2.46 bits per heavy atom. The molecular weight excluding hydrogens is 302 g/mol. The summed E-state index contributed by atoms with van der Waals surface area (Å²) in [6.07, 6.45) is 7.31. The summed E-state index contributed by atoms with van der Waals surface area (Å²) in [4.78, 5) is 20.5. The van der Waals surface area contributed by atoms with Crippen LogP contribution in [0.2, 0.25) is 0 Å². The lowest BCUT2D eigenvalue weighted by atomic mass is 9.82. The Morgan fingerprint density at radius 1 is 1.29 bits per heavy atom. The molecule has 3 atom stereocenters. The van der Waals surface area contributed by atoms with E-state index in [0.717, 1.165) is 25.2 Å². The van der Waals surface area contributed by atoms with Crippen molar-refractivity contribution >= 4 is 11.9 Å². The van der Waals surface area contributed by atoms with Crippen molar-refractivity contribution < 1.29 is 4.79 Å². The van der Waals surface area contributed by atoms with E-state index in [1.807, 2.05) is 0 Å². The zero-order chi connectivity index (χ0) is 17.7. The quantitative estimate of drug-likeness (QED) is 0.588. The highest BCUT2D eigenvalue weighted by Gasteiger charge is 2.36. The molecule has 2 saturated heterocycles. The number of nitrogens with zero attached hydrogens (tertiary/aromatic N) is 3. The molecule has 3 unspecified atom stereocenters. The number of rotatable bonds is 5. The van der Waals surface area contributed by atoms with E-state index in [1.54, 1.807) is 19.0 Å². The fraction of sp³-hybridized carbons (Fsp3) is 0.889. The van der Waals surface area contributed by atoms with Crippen LogP contribution in [0, 0.1) is 0 Å². The van der Waals surface area contributed by atoms with Crippen molar-refractivity contribution in [3.8, 4) is 0 Å². The Morgan fingerprint density at radius 2 is 1.92 bits per heavy atom. The second-order valence-electron chi connectivity index (χ2n) is 7.62. The van der Waals surface area contributed by atoms with Gasteiger partial charge in [-0.2, -0.15) is 0 Å². The summed E-state index contributed by atoms with van der Waals surface area (Å²) < 4.78 is 0. The van der Waals surface area contributed by atoms with Gasteiger partial charge in [0.1, 0.15) is 6.54 Å². The summed E-state index contributed by atoms with van der Waals surface area (Å²) in [6, 6.07) is 2.16. The Hall–Kier alpha value is -1.30. The Balaban J connectivity index is 1.99. The number of amides is 1. The van der Waals surface area contributed by atoms with Crippen LogP contribution >= 0.6 is 0 Å². The molecule has 138 valence electrons. The molecule has 0 aromatic carbocycles. The SMILES string of the molecule is CCC(C)NC(=NCC(=O)N(C)C)NC1CC2CCCC(C1)N2C. The molecule has 6 heteroatoms. The monoisotopic (exact) mass is 337 g/mol. The van der Waals surface area contributed by atoms with Crippen LogP contribution in [-0.4, -0.2) is 73.5 Å². The number of guanidine groups is 1. The van der Waals surface area contributed by atoms with E-state index in [1.165, 1.54) is 19.3 Å². The van der Waals surface area contributed by atoms with Crippen molar-refractivity contribution in [2.45, 2.75) is 76.5 Å². The fourth-order valence-corrected chi connectivity index (χ4v) is 3.68. The van der Waals surface area contributed by atoms with Crippen LogP contribution in [0.25, 0.3) is 0 Å². The van der Waals surface area contributed by atoms with Crippen molar-refractivity contribution in [2.24, 2.45) is 4.99 Å². The summed E-state index contributed by atoms with van der Waals surface area (Å²) in [6.45, 7) is 4.49. The molecule has 2 aliphatic rings. The number of nitrogens with one attached hydrogen (secondary N) is 2. The minimum absolute atomic E-state index is 0.0282. The van der Waals surface area contributed by atoms with Gasteiger partial charge in [0, 0.05) is 38.3 Å². The molecule has 6 nitrogen and oxygen atoms in total. The van der Waals surface area contributed by atoms with Gasteiger partial charge >= 0.3 is 0 Å². The maximum atomic E-state index is 11.9. The van der Waals surface area contributed by atoms with Crippen LogP contribution < -0.4 is 10.6 Å². The molecule has 2 aliphatic heterocycles. The smallest absolute Gasteiger partial charge is 0.243 e. The van der Waals surface area contributed by atoms with E-state index >= 15 is 0 Å². The van der Waals surface area contributed by atoms with Gasteiger partial charge < -0.3 is 20.4 Å². The highest BCUT2D eigenvalue weighted by Crippen LogP contribution is 2.32. The standard InChI is InChI=1S/C18H35N5O/c1-6-13(2)20-18(19-12-17(24)22(3)4)21-14-10-15-8-7-9-16(11-14)23(15)5/h13-16H,6-12H2,1-5H3,(H2,19,20,21). The molecule has 0 aromatic rings. The summed E-state index contributed by atoms with van der Waals surface area (Å²) in [5, 5.41) is 7.05. The maximum Gasteiger partial charge on any atom is 0.243 e. The van der Waals surface area contributed by atoms with Gasteiger partial charge in [0.05, 0.1) is 0 Å². The van der Waals surface area contributed by atoms with Gasteiger partial charge in [0.15, 0.2) is 5.96 Å². The molecule has 1 amide bonds. The Bertz CT molecular complexity index is 437. The van der Waals surface area contributed by atoms with Crippen LogP contribution in [0.5, 0.6) is 0 Å². The number of piperidine rings is 2. The highest BCUT2D eigenvalue weighted by atomic mass is 16.2. The van der Waals surface area contributed by atoms with E-state index in [2.05, 4.69) is 41.4 Å². The first kappa shape index (κ1) is 19.0. The summed E-state index contributed by atoms with van der Waals surface area (Å²) >= 11 is 0. The van der Waals surface area contributed by atoms with Crippen molar-refractivity contribution in [3.63, 3.8) is 0 Å². The summed E-state index contributed by atoms with van der Waals surface area (Å²) in [5.74, 6) is 0.813. The zero-order valence-electron chi connectivity index (χ0n) is 16.0. The lowest BCUT2D eigenvalue weighted by molar-refractivity contribution is -0.127. The molecule has 0 radical (unpaired) electrons. The summed E-state index contributed by atoms with van der Waals surface area (Å²) in [7, 11) is 5.81. The maximum absolute atomic E-state index is 11.9. The lowest BCUT2D eigenvalue weighted by Gasteiger charge is -2.47. The molecule has 2 fully saturated rings. The third-order valence-corrected chi connectivity index (χ3v) is 5.55. The first-order valence-corrected chi connectivity index (χ1v) is 9.40. The molecule has 0 spiro atoms. The van der Waals surface area contributed by atoms with Gasteiger partial charge in [0.2, 0.25) is 5.91 Å². The van der Waals surface area contributed by atoms with Gasteiger partial charge in [-0.25, -0.2) is 4.99 Å². The number of carbonyl (C=O) groups excluding carboxylic acids is 1. The molecule has 2 N–H and O–H groups in total. The predicted octanol–water partition coefficient (Wildman–Crippen LogP) is 1.42. The number of hydrogen-bond acceptors (Lipinski definition) is 3. The first-order valence-electron chi connectivity index (χ1n) is 9.40. The second-order valence-corrected chi connectivity index (χ2v) is 7.62. The van der Waals surface area contributed by atoms with Crippen LogP contribution in [0.15, 0.2) is 4.99 Å².